The van der Waals surface area contributed by atoms with E-state index in [-0.39, 0.29) is 0 Å². The quantitative estimate of drug-likeness (QED) is 0.856. The van der Waals surface area contributed by atoms with Crippen molar-refractivity contribution in [1.29, 1.82) is 0 Å². The lowest BCUT2D eigenvalue weighted by Crippen LogP contribution is -2.41. The fourth-order valence-electron chi connectivity index (χ4n) is 2.80. The maximum Gasteiger partial charge on any atom is 0.119 e. The molecular formula is C16H25NO2. The van der Waals surface area contributed by atoms with E-state index < -0.39 is 0 Å². The van der Waals surface area contributed by atoms with Gasteiger partial charge < -0.3 is 14.8 Å². The van der Waals surface area contributed by atoms with Gasteiger partial charge in [-0.2, -0.15) is 0 Å². The van der Waals surface area contributed by atoms with Crippen molar-refractivity contribution in [2.75, 3.05) is 26.9 Å². The summed E-state index contributed by atoms with van der Waals surface area (Å²) in [4.78, 5) is 0. The van der Waals surface area contributed by atoms with Crippen LogP contribution in [0.1, 0.15) is 25.3 Å². The molecule has 3 nitrogen and oxygen atoms in total. The molecule has 1 aromatic rings. The molecule has 0 radical (unpaired) electrons. The molecule has 3 heteroatoms. The van der Waals surface area contributed by atoms with Gasteiger partial charge in [-0.05, 0) is 49.4 Å². The van der Waals surface area contributed by atoms with Crippen LogP contribution in [0.25, 0.3) is 0 Å². The molecular weight excluding hydrogens is 238 g/mol. The van der Waals surface area contributed by atoms with Crippen molar-refractivity contribution in [2.24, 2.45) is 5.92 Å². The molecule has 1 aromatic carbocycles. The molecule has 0 spiro atoms. The fourth-order valence-corrected chi connectivity index (χ4v) is 2.80. The van der Waals surface area contributed by atoms with E-state index in [0.29, 0.717) is 12.0 Å². The third-order valence-electron chi connectivity index (χ3n) is 3.82. The number of nitrogens with one attached hydrogen (secondary N) is 1. The second kappa shape index (κ2) is 7.51. The van der Waals surface area contributed by atoms with Gasteiger partial charge in [0.2, 0.25) is 0 Å². The summed E-state index contributed by atoms with van der Waals surface area (Å²) in [5, 5.41) is 3.62. The lowest BCUT2D eigenvalue weighted by Gasteiger charge is -2.31. The van der Waals surface area contributed by atoms with Gasteiger partial charge in [0, 0.05) is 12.6 Å². The maximum absolute atomic E-state index is 5.63. The molecule has 0 amide bonds. The van der Waals surface area contributed by atoms with E-state index in [1.807, 2.05) is 6.07 Å². The zero-order chi connectivity index (χ0) is 13.5. The SMILES string of the molecule is CCNC(Cc1cccc(OC)c1)C1CCCOC1. The number of hydrogen-bond donors (Lipinski definition) is 1. The molecule has 1 aliphatic heterocycles. The van der Waals surface area contributed by atoms with E-state index in [2.05, 4.69) is 30.4 Å². The molecule has 106 valence electrons. The molecule has 1 heterocycles. The Hall–Kier alpha value is -1.06. The van der Waals surface area contributed by atoms with Crippen molar-refractivity contribution in [1.82, 2.24) is 5.32 Å². The lowest BCUT2D eigenvalue weighted by atomic mass is 9.89. The van der Waals surface area contributed by atoms with Crippen molar-refractivity contribution in [2.45, 2.75) is 32.2 Å². The molecule has 0 bridgehead atoms. The highest BCUT2D eigenvalue weighted by molar-refractivity contribution is 5.29. The van der Waals surface area contributed by atoms with Gasteiger partial charge in [0.1, 0.15) is 5.75 Å². The van der Waals surface area contributed by atoms with Gasteiger partial charge in [-0.3, -0.25) is 0 Å². The van der Waals surface area contributed by atoms with Crippen LogP contribution in [0, 0.1) is 5.92 Å². The first-order chi connectivity index (χ1) is 9.33. The Labute approximate surface area is 116 Å². The minimum atomic E-state index is 0.498. The Bertz CT molecular complexity index is 375. The first kappa shape index (κ1) is 14.4. The highest BCUT2D eigenvalue weighted by Crippen LogP contribution is 2.22. The van der Waals surface area contributed by atoms with Crippen LogP contribution < -0.4 is 10.1 Å². The van der Waals surface area contributed by atoms with Crippen LogP contribution in [0.15, 0.2) is 24.3 Å². The fraction of sp³-hybridized carbons (Fsp3) is 0.625. The summed E-state index contributed by atoms with van der Waals surface area (Å²) in [6.07, 6.45) is 3.49. The van der Waals surface area contributed by atoms with Gasteiger partial charge in [0.05, 0.1) is 13.7 Å². The summed E-state index contributed by atoms with van der Waals surface area (Å²) in [6.45, 7) is 4.99. The van der Waals surface area contributed by atoms with E-state index in [1.54, 1.807) is 7.11 Å². The van der Waals surface area contributed by atoms with Crippen molar-refractivity contribution in [3.8, 4) is 5.75 Å². The van der Waals surface area contributed by atoms with Crippen LogP contribution in [0.5, 0.6) is 5.75 Å². The smallest absolute Gasteiger partial charge is 0.119 e. The van der Waals surface area contributed by atoms with E-state index in [1.165, 1.54) is 18.4 Å². The second-order valence-electron chi connectivity index (χ2n) is 5.20. The number of methoxy groups -OCH3 is 1. The molecule has 2 unspecified atom stereocenters. The van der Waals surface area contributed by atoms with Crippen LogP contribution in [0.2, 0.25) is 0 Å². The average molecular weight is 263 g/mol. The molecule has 1 saturated heterocycles. The largest absolute Gasteiger partial charge is 0.497 e. The monoisotopic (exact) mass is 263 g/mol. The van der Waals surface area contributed by atoms with Crippen LogP contribution in [-0.4, -0.2) is 32.9 Å². The Kier molecular flexibility index (Phi) is 5.67. The Morgan fingerprint density at radius 1 is 1.47 bits per heavy atom. The minimum absolute atomic E-state index is 0.498. The molecule has 1 N–H and O–H groups in total. The van der Waals surface area contributed by atoms with Crippen LogP contribution in [-0.2, 0) is 11.2 Å². The predicted molar refractivity (Wildman–Crippen MR) is 77.7 cm³/mol. The lowest BCUT2D eigenvalue weighted by molar-refractivity contribution is 0.0396. The summed E-state index contributed by atoms with van der Waals surface area (Å²) in [5.74, 6) is 1.56. The number of hydrogen-bond acceptors (Lipinski definition) is 3. The second-order valence-corrected chi connectivity index (χ2v) is 5.20. The standard InChI is InChI=1S/C16H25NO2/c1-3-17-16(14-7-5-9-19-12-14)11-13-6-4-8-15(10-13)18-2/h4,6,8,10,14,16-17H,3,5,7,9,11-12H2,1-2H3. The third kappa shape index (κ3) is 4.22. The highest BCUT2D eigenvalue weighted by atomic mass is 16.5. The molecule has 0 saturated carbocycles. The minimum Gasteiger partial charge on any atom is -0.497 e. The van der Waals surface area contributed by atoms with Crippen molar-refractivity contribution >= 4 is 0 Å². The highest BCUT2D eigenvalue weighted by Gasteiger charge is 2.23. The predicted octanol–water partition coefficient (Wildman–Crippen LogP) is 2.64. The normalized spacial score (nSPS) is 21.1. The first-order valence-corrected chi connectivity index (χ1v) is 7.27. The van der Waals surface area contributed by atoms with E-state index in [0.717, 1.165) is 31.9 Å². The average Bonchev–Trinajstić information content (AvgIpc) is 2.48. The Morgan fingerprint density at radius 3 is 3.05 bits per heavy atom. The Balaban J connectivity index is 2.01. The molecule has 2 rings (SSSR count). The van der Waals surface area contributed by atoms with Gasteiger partial charge in [-0.25, -0.2) is 0 Å². The van der Waals surface area contributed by atoms with Gasteiger partial charge in [-0.1, -0.05) is 19.1 Å². The zero-order valence-corrected chi connectivity index (χ0v) is 12.0. The summed E-state index contributed by atoms with van der Waals surface area (Å²) in [6, 6.07) is 8.87. The number of likely N-dealkylation sites (N-methyl/N-ethyl adjacent to an activating group) is 1. The van der Waals surface area contributed by atoms with E-state index in [4.69, 9.17) is 9.47 Å². The van der Waals surface area contributed by atoms with Crippen LogP contribution in [0.3, 0.4) is 0 Å². The van der Waals surface area contributed by atoms with Gasteiger partial charge in [0.15, 0.2) is 0 Å². The molecule has 2 atom stereocenters. The van der Waals surface area contributed by atoms with Crippen molar-refractivity contribution in [3.05, 3.63) is 29.8 Å². The summed E-state index contributed by atoms with van der Waals surface area (Å²) < 4.78 is 10.9. The summed E-state index contributed by atoms with van der Waals surface area (Å²) in [7, 11) is 1.72. The zero-order valence-electron chi connectivity index (χ0n) is 12.0. The topological polar surface area (TPSA) is 30.5 Å². The molecule has 1 fully saturated rings. The van der Waals surface area contributed by atoms with Gasteiger partial charge in [-0.15, -0.1) is 0 Å². The third-order valence-corrected chi connectivity index (χ3v) is 3.82. The van der Waals surface area contributed by atoms with Crippen LogP contribution >= 0.6 is 0 Å². The van der Waals surface area contributed by atoms with Crippen molar-refractivity contribution < 1.29 is 9.47 Å². The Morgan fingerprint density at radius 2 is 2.37 bits per heavy atom. The number of benzene rings is 1. The molecule has 0 aromatic heterocycles. The molecule has 19 heavy (non-hydrogen) atoms. The summed E-state index contributed by atoms with van der Waals surface area (Å²) in [5.41, 5.74) is 1.33. The number of ether oxygens (including phenoxy) is 2. The van der Waals surface area contributed by atoms with E-state index >= 15 is 0 Å². The van der Waals surface area contributed by atoms with Crippen LogP contribution in [0.4, 0.5) is 0 Å². The van der Waals surface area contributed by atoms with Gasteiger partial charge in [0.25, 0.3) is 0 Å². The molecule has 0 aliphatic carbocycles. The van der Waals surface area contributed by atoms with Crippen molar-refractivity contribution in [3.63, 3.8) is 0 Å². The summed E-state index contributed by atoms with van der Waals surface area (Å²) >= 11 is 0. The molecule has 1 aliphatic rings. The maximum atomic E-state index is 5.63. The van der Waals surface area contributed by atoms with Gasteiger partial charge >= 0.3 is 0 Å². The first-order valence-electron chi connectivity index (χ1n) is 7.27. The number of rotatable bonds is 6. The van der Waals surface area contributed by atoms with E-state index in [9.17, 15) is 0 Å².